The van der Waals surface area contributed by atoms with E-state index in [1.165, 1.54) is 19.1 Å². The lowest BCUT2D eigenvalue weighted by molar-refractivity contribution is 0.480. The van der Waals surface area contributed by atoms with Crippen molar-refractivity contribution in [3.63, 3.8) is 0 Å². The van der Waals surface area contributed by atoms with E-state index in [1.807, 2.05) is 0 Å². The van der Waals surface area contributed by atoms with Crippen molar-refractivity contribution >= 4 is 20.0 Å². The van der Waals surface area contributed by atoms with Crippen LogP contribution in [0.15, 0.2) is 34.1 Å². The van der Waals surface area contributed by atoms with Gasteiger partial charge in [0.15, 0.2) is 9.84 Å². The van der Waals surface area contributed by atoms with Crippen molar-refractivity contribution in [2.75, 3.05) is 5.75 Å². The molecule has 0 amide bonds. The first-order chi connectivity index (χ1) is 6.79. The van der Waals surface area contributed by atoms with Crippen LogP contribution in [0.25, 0.3) is 0 Å². The molecule has 84 valence electrons. The van der Waals surface area contributed by atoms with Crippen molar-refractivity contribution in [2.45, 2.75) is 16.7 Å². The molecule has 0 aromatic heterocycles. The van der Waals surface area contributed by atoms with Crippen LogP contribution in [0, 0.1) is 0 Å². The van der Waals surface area contributed by atoms with Crippen LogP contribution in [-0.4, -0.2) is 27.1 Å². The van der Waals surface area contributed by atoms with Gasteiger partial charge in [0, 0.05) is 0 Å². The molecular formula is C8H10O5S2. The van der Waals surface area contributed by atoms with Gasteiger partial charge in [-0.1, -0.05) is 19.1 Å². The van der Waals surface area contributed by atoms with Crippen molar-refractivity contribution in [3.05, 3.63) is 24.3 Å². The Bertz CT molecular complexity index is 556. The van der Waals surface area contributed by atoms with E-state index in [2.05, 4.69) is 0 Å². The van der Waals surface area contributed by atoms with E-state index in [4.69, 9.17) is 4.55 Å². The minimum absolute atomic E-state index is 0.223. The fraction of sp³-hybridized carbons (Fsp3) is 0.250. The van der Waals surface area contributed by atoms with Crippen molar-refractivity contribution in [3.8, 4) is 0 Å². The maximum atomic E-state index is 11.5. The van der Waals surface area contributed by atoms with Crippen LogP contribution in [-0.2, 0) is 20.0 Å². The van der Waals surface area contributed by atoms with E-state index in [-0.39, 0.29) is 10.6 Å². The zero-order valence-electron chi connectivity index (χ0n) is 7.91. The number of sulfone groups is 1. The zero-order valence-corrected chi connectivity index (χ0v) is 9.55. The van der Waals surface area contributed by atoms with Crippen LogP contribution in [0.4, 0.5) is 0 Å². The average molecular weight is 250 g/mol. The lowest BCUT2D eigenvalue weighted by Crippen LogP contribution is -2.10. The van der Waals surface area contributed by atoms with Gasteiger partial charge in [-0.3, -0.25) is 4.55 Å². The molecule has 0 saturated carbocycles. The first-order valence-electron chi connectivity index (χ1n) is 4.08. The fourth-order valence-corrected chi connectivity index (χ4v) is 3.32. The number of hydrogen-bond acceptors (Lipinski definition) is 4. The minimum Gasteiger partial charge on any atom is -0.282 e. The summed E-state index contributed by atoms with van der Waals surface area (Å²) in [6, 6.07) is 4.95. The molecule has 1 N–H and O–H groups in total. The Kier molecular flexibility index (Phi) is 3.17. The quantitative estimate of drug-likeness (QED) is 0.799. The Labute approximate surface area is 88.4 Å². The van der Waals surface area contributed by atoms with Crippen molar-refractivity contribution in [1.29, 1.82) is 0 Å². The summed E-state index contributed by atoms with van der Waals surface area (Å²) < 4.78 is 53.6. The third-order valence-corrected chi connectivity index (χ3v) is 4.67. The molecule has 5 nitrogen and oxygen atoms in total. The summed E-state index contributed by atoms with van der Waals surface area (Å²) >= 11 is 0. The largest absolute Gasteiger partial charge is 0.295 e. The number of benzene rings is 1. The van der Waals surface area contributed by atoms with E-state index >= 15 is 0 Å². The summed E-state index contributed by atoms with van der Waals surface area (Å²) in [5.41, 5.74) is 0. The van der Waals surface area contributed by atoms with Crippen LogP contribution in [0.3, 0.4) is 0 Å². The van der Waals surface area contributed by atoms with Gasteiger partial charge in [-0.25, -0.2) is 8.42 Å². The van der Waals surface area contributed by atoms with Gasteiger partial charge in [0.2, 0.25) is 0 Å². The topological polar surface area (TPSA) is 88.5 Å². The summed E-state index contributed by atoms with van der Waals surface area (Å²) in [5.74, 6) is -0.223. The standard InChI is InChI=1S/C8H10O5S2/c1-2-14(9,10)7-5-3-4-6-8(7)15(11,12)13/h3-6H,2H2,1H3,(H,11,12,13). The van der Waals surface area contributed by atoms with Crippen LogP contribution >= 0.6 is 0 Å². The first-order valence-corrected chi connectivity index (χ1v) is 7.17. The van der Waals surface area contributed by atoms with Crippen LogP contribution in [0.1, 0.15) is 6.92 Å². The fourth-order valence-electron chi connectivity index (χ4n) is 1.08. The summed E-state index contributed by atoms with van der Waals surface area (Å²) in [6.07, 6.45) is 0. The number of hydrogen-bond donors (Lipinski definition) is 1. The molecule has 1 rings (SSSR count). The van der Waals surface area contributed by atoms with Gasteiger partial charge in [0.1, 0.15) is 4.90 Å². The highest BCUT2D eigenvalue weighted by molar-refractivity contribution is 7.92. The monoisotopic (exact) mass is 250 g/mol. The molecule has 1 aromatic rings. The molecule has 15 heavy (non-hydrogen) atoms. The van der Waals surface area contributed by atoms with E-state index in [9.17, 15) is 16.8 Å². The van der Waals surface area contributed by atoms with E-state index in [1.54, 1.807) is 0 Å². The zero-order chi connectivity index (χ0) is 11.7. The second-order valence-electron chi connectivity index (χ2n) is 2.83. The second-order valence-corrected chi connectivity index (χ2v) is 6.46. The molecule has 0 bridgehead atoms. The van der Waals surface area contributed by atoms with Gasteiger partial charge in [-0.05, 0) is 12.1 Å². The van der Waals surface area contributed by atoms with E-state index < -0.39 is 24.9 Å². The van der Waals surface area contributed by atoms with Gasteiger partial charge in [-0.2, -0.15) is 8.42 Å². The van der Waals surface area contributed by atoms with Gasteiger partial charge in [0.05, 0.1) is 10.6 Å². The third-order valence-electron chi connectivity index (χ3n) is 1.84. The predicted octanol–water partition coefficient (Wildman–Crippen LogP) is 0.727. The Hall–Kier alpha value is -0.920. The molecule has 7 heteroatoms. The molecule has 0 heterocycles. The van der Waals surface area contributed by atoms with Crippen molar-refractivity contribution < 1.29 is 21.4 Å². The summed E-state index contributed by atoms with van der Waals surface area (Å²) in [7, 11) is -8.16. The lowest BCUT2D eigenvalue weighted by atomic mass is 10.4. The summed E-state index contributed by atoms with van der Waals surface area (Å²) in [5, 5.41) is 0. The average Bonchev–Trinajstić information content (AvgIpc) is 2.16. The molecule has 0 aliphatic carbocycles. The van der Waals surface area contributed by atoms with Gasteiger partial charge in [-0.15, -0.1) is 0 Å². The highest BCUT2D eigenvalue weighted by atomic mass is 32.2. The van der Waals surface area contributed by atoms with Crippen LogP contribution in [0.2, 0.25) is 0 Å². The maximum absolute atomic E-state index is 11.5. The third kappa shape index (κ3) is 2.55. The minimum atomic E-state index is -4.51. The molecule has 0 fully saturated rings. The van der Waals surface area contributed by atoms with Crippen LogP contribution in [0.5, 0.6) is 0 Å². The van der Waals surface area contributed by atoms with Crippen LogP contribution < -0.4 is 0 Å². The summed E-state index contributed by atoms with van der Waals surface area (Å²) in [6.45, 7) is 1.40. The molecular weight excluding hydrogens is 240 g/mol. The molecule has 0 aliphatic rings. The van der Waals surface area contributed by atoms with E-state index in [0.717, 1.165) is 12.1 Å². The molecule has 1 aromatic carbocycles. The molecule has 0 aliphatic heterocycles. The highest BCUT2D eigenvalue weighted by Crippen LogP contribution is 2.21. The molecule has 0 unspecified atom stereocenters. The number of rotatable bonds is 3. The Morgan fingerprint density at radius 3 is 1.93 bits per heavy atom. The Morgan fingerprint density at radius 2 is 1.53 bits per heavy atom. The lowest BCUT2D eigenvalue weighted by Gasteiger charge is -2.05. The van der Waals surface area contributed by atoms with Crippen molar-refractivity contribution in [2.24, 2.45) is 0 Å². The normalized spacial score (nSPS) is 12.7. The Morgan fingerprint density at radius 1 is 1.07 bits per heavy atom. The molecule has 0 radical (unpaired) electrons. The maximum Gasteiger partial charge on any atom is 0.295 e. The van der Waals surface area contributed by atoms with Gasteiger partial charge >= 0.3 is 0 Å². The SMILES string of the molecule is CCS(=O)(=O)c1ccccc1S(=O)(=O)O. The van der Waals surface area contributed by atoms with Gasteiger partial charge < -0.3 is 0 Å². The van der Waals surface area contributed by atoms with Gasteiger partial charge in [0.25, 0.3) is 10.1 Å². The highest BCUT2D eigenvalue weighted by Gasteiger charge is 2.22. The molecule has 0 atom stereocenters. The Balaban J connectivity index is 3.59. The molecule has 0 spiro atoms. The second kappa shape index (κ2) is 3.92. The van der Waals surface area contributed by atoms with Crippen molar-refractivity contribution in [1.82, 2.24) is 0 Å². The predicted molar refractivity (Wildman–Crippen MR) is 54.0 cm³/mol. The smallest absolute Gasteiger partial charge is 0.282 e. The van der Waals surface area contributed by atoms with E-state index in [0.29, 0.717) is 0 Å². The molecule has 0 saturated heterocycles. The summed E-state index contributed by atoms with van der Waals surface area (Å²) in [4.78, 5) is -0.943. The first kappa shape index (κ1) is 12.2.